The molecule has 0 saturated carbocycles. The monoisotopic (exact) mass is 435 g/mol. The Kier molecular flexibility index (Phi) is 5.47. The second kappa shape index (κ2) is 7.96. The Hall–Kier alpha value is -2.94. The van der Waals surface area contributed by atoms with Crippen LogP contribution in [-0.2, 0) is 6.18 Å². The minimum atomic E-state index is -4.78. The number of nitrogens with one attached hydrogen (secondary N) is 2. The molecule has 0 radical (unpaired) electrons. The molecule has 1 saturated heterocycles. The van der Waals surface area contributed by atoms with Crippen molar-refractivity contribution in [2.45, 2.75) is 25.1 Å². The lowest BCUT2D eigenvalue weighted by molar-refractivity contribution is -0.137. The van der Waals surface area contributed by atoms with E-state index in [2.05, 4.69) is 15.5 Å². The van der Waals surface area contributed by atoms with Gasteiger partial charge in [0, 0.05) is 22.4 Å². The van der Waals surface area contributed by atoms with Crippen LogP contribution in [0.2, 0.25) is 0 Å². The summed E-state index contributed by atoms with van der Waals surface area (Å²) in [5.41, 5.74) is -0.294. The van der Waals surface area contributed by atoms with Crippen molar-refractivity contribution in [3.05, 3.63) is 64.5 Å². The summed E-state index contributed by atoms with van der Waals surface area (Å²) >= 11 is 0. The molecule has 1 unspecified atom stereocenters. The summed E-state index contributed by atoms with van der Waals surface area (Å²) in [5.74, 6) is -2.11. The van der Waals surface area contributed by atoms with Crippen LogP contribution in [0.25, 0.3) is 0 Å². The third-order valence-corrected chi connectivity index (χ3v) is 5.92. The number of amides is 2. The smallest absolute Gasteiger partial charge is 0.345 e. The molecule has 2 aromatic carbocycles. The van der Waals surface area contributed by atoms with Gasteiger partial charge in [0.1, 0.15) is 5.82 Å². The summed E-state index contributed by atoms with van der Waals surface area (Å²) in [4.78, 5) is 27.4. The standard InChI is InChI=1S/C22H21F4N3O2/c1-29-7-5-12(6-8-29)19-18-16(21(31)28-19)3-2-4-17(18)27-20(30)13-9-14(22(24,25)26)11-15(23)10-13/h2-4,9-12,19H,5-8H2,1H3,(H,27,30)(H,28,31). The Morgan fingerprint density at radius 3 is 2.55 bits per heavy atom. The van der Waals surface area contributed by atoms with Crippen molar-refractivity contribution in [1.82, 2.24) is 10.2 Å². The van der Waals surface area contributed by atoms with Crippen molar-refractivity contribution in [2.24, 2.45) is 5.92 Å². The number of carbonyl (C=O) groups is 2. The highest BCUT2D eigenvalue weighted by Gasteiger charge is 2.38. The van der Waals surface area contributed by atoms with Crippen LogP contribution in [0, 0.1) is 11.7 Å². The van der Waals surface area contributed by atoms with Crippen LogP contribution in [0.15, 0.2) is 36.4 Å². The first-order chi connectivity index (χ1) is 14.6. The number of piperidine rings is 1. The van der Waals surface area contributed by atoms with E-state index >= 15 is 0 Å². The zero-order valence-corrected chi connectivity index (χ0v) is 16.7. The minimum absolute atomic E-state index is 0.172. The van der Waals surface area contributed by atoms with Gasteiger partial charge in [-0.05, 0) is 69.2 Å². The van der Waals surface area contributed by atoms with Crippen LogP contribution in [0.5, 0.6) is 0 Å². The predicted molar refractivity (Wildman–Crippen MR) is 106 cm³/mol. The van der Waals surface area contributed by atoms with E-state index in [4.69, 9.17) is 0 Å². The number of nitrogens with zero attached hydrogens (tertiary/aromatic N) is 1. The molecule has 2 aliphatic heterocycles. The third kappa shape index (κ3) is 4.27. The van der Waals surface area contributed by atoms with Crippen molar-refractivity contribution >= 4 is 17.5 Å². The normalized spacial score (nSPS) is 19.8. The molecule has 1 atom stereocenters. The highest BCUT2D eigenvalue weighted by atomic mass is 19.4. The van der Waals surface area contributed by atoms with Gasteiger partial charge in [0.05, 0.1) is 11.6 Å². The van der Waals surface area contributed by atoms with Gasteiger partial charge in [-0.3, -0.25) is 9.59 Å². The van der Waals surface area contributed by atoms with Gasteiger partial charge in [-0.15, -0.1) is 0 Å². The lowest BCUT2D eigenvalue weighted by Gasteiger charge is -2.33. The Morgan fingerprint density at radius 1 is 1.16 bits per heavy atom. The summed E-state index contributed by atoms with van der Waals surface area (Å²) in [5, 5.41) is 5.57. The van der Waals surface area contributed by atoms with Gasteiger partial charge < -0.3 is 15.5 Å². The van der Waals surface area contributed by atoms with Crippen molar-refractivity contribution in [3.63, 3.8) is 0 Å². The zero-order chi connectivity index (χ0) is 22.3. The van der Waals surface area contributed by atoms with E-state index < -0.39 is 29.0 Å². The molecule has 164 valence electrons. The molecule has 31 heavy (non-hydrogen) atoms. The van der Waals surface area contributed by atoms with Gasteiger partial charge in [0.15, 0.2) is 0 Å². The van der Waals surface area contributed by atoms with Crippen molar-refractivity contribution < 1.29 is 27.2 Å². The fourth-order valence-electron chi connectivity index (χ4n) is 4.29. The average molecular weight is 435 g/mol. The first kappa shape index (κ1) is 21.3. The van der Waals surface area contributed by atoms with Crippen molar-refractivity contribution in [1.29, 1.82) is 0 Å². The predicted octanol–water partition coefficient (Wildman–Crippen LogP) is 4.22. The fourth-order valence-corrected chi connectivity index (χ4v) is 4.29. The number of halogens is 4. The number of hydrogen-bond acceptors (Lipinski definition) is 3. The molecule has 2 aliphatic rings. The maximum absolute atomic E-state index is 13.7. The van der Waals surface area contributed by atoms with Crippen LogP contribution in [0.1, 0.15) is 50.7 Å². The number of rotatable bonds is 3. The summed E-state index contributed by atoms with van der Waals surface area (Å²) in [7, 11) is 2.03. The quantitative estimate of drug-likeness (QED) is 0.710. The Morgan fingerprint density at radius 2 is 1.87 bits per heavy atom. The van der Waals surface area contributed by atoms with Gasteiger partial charge in [0.2, 0.25) is 0 Å². The lowest BCUT2D eigenvalue weighted by atomic mass is 9.85. The molecule has 1 fully saturated rings. The maximum Gasteiger partial charge on any atom is 0.416 e. The molecule has 0 bridgehead atoms. The van der Waals surface area contributed by atoms with Crippen LogP contribution >= 0.6 is 0 Å². The minimum Gasteiger partial charge on any atom is -0.345 e. The fraction of sp³-hybridized carbons (Fsp3) is 0.364. The highest BCUT2D eigenvalue weighted by Crippen LogP contribution is 2.40. The highest BCUT2D eigenvalue weighted by molar-refractivity contribution is 6.07. The van der Waals surface area contributed by atoms with Gasteiger partial charge in [-0.25, -0.2) is 4.39 Å². The molecule has 9 heteroatoms. The molecule has 0 aromatic heterocycles. The number of hydrogen-bond donors (Lipinski definition) is 2. The van der Waals surface area contributed by atoms with Crippen molar-refractivity contribution in [3.8, 4) is 0 Å². The number of likely N-dealkylation sites (tertiary alicyclic amines) is 1. The number of carbonyl (C=O) groups excluding carboxylic acids is 2. The van der Waals surface area contributed by atoms with E-state index in [-0.39, 0.29) is 17.9 Å². The molecule has 2 amide bonds. The summed E-state index contributed by atoms with van der Waals surface area (Å²) in [6, 6.07) is 6.26. The molecule has 2 heterocycles. The van der Waals surface area contributed by atoms with Crippen molar-refractivity contribution in [2.75, 3.05) is 25.5 Å². The van der Waals surface area contributed by atoms with Gasteiger partial charge in [-0.2, -0.15) is 13.2 Å². The Labute approximate surface area is 176 Å². The van der Waals surface area contributed by atoms with Gasteiger partial charge in [0.25, 0.3) is 11.8 Å². The van der Waals surface area contributed by atoms with E-state index in [0.717, 1.165) is 32.0 Å². The van der Waals surface area contributed by atoms with E-state index in [9.17, 15) is 27.2 Å². The van der Waals surface area contributed by atoms with Crippen LogP contribution in [0.3, 0.4) is 0 Å². The second-order valence-electron chi connectivity index (χ2n) is 8.04. The SMILES string of the molecule is CN1CCC(C2NC(=O)c3cccc(NC(=O)c4cc(F)cc(C(F)(F)F)c4)c32)CC1. The van der Waals surface area contributed by atoms with Crippen LogP contribution < -0.4 is 10.6 Å². The second-order valence-corrected chi connectivity index (χ2v) is 8.04. The number of anilines is 1. The topological polar surface area (TPSA) is 61.4 Å². The van der Waals surface area contributed by atoms with E-state index in [1.807, 2.05) is 7.05 Å². The molecule has 5 nitrogen and oxygen atoms in total. The molecule has 4 rings (SSSR count). The molecule has 0 spiro atoms. The van der Waals surface area contributed by atoms with Crippen LogP contribution in [-0.4, -0.2) is 36.9 Å². The largest absolute Gasteiger partial charge is 0.416 e. The van der Waals surface area contributed by atoms with Gasteiger partial charge in [-0.1, -0.05) is 6.07 Å². The number of fused-ring (bicyclic) bond motifs is 1. The number of benzene rings is 2. The summed E-state index contributed by atoms with van der Waals surface area (Å²) in [6.07, 6.45) is -3.05. The Balaban J connectivity index is 1.64. The van der Waals surface area contributed by atoms with Crippen LogP contribution in [0.4, 0.5) is 23.2 Å². The first-order valence-corrected chi connectivity index (χ1v) is 9.95. The summed E-state index contributed by atoms with van der Waals surface area (Å²) < 4.78 is 52.7. The number of alkyl halides is 3. The maximum atomic E-state index is 13.7. The summed E-state index contributed by atoms with van der Waals surface area (Å²) in [6.45, 7) is 1.76. The van der Waals surface area contributed by atoms with E-state index in [1.165, 1.54) is 0 Å². The molecule has 0 aliphatic carbocycles. The molecular weight excluding hydrogens is 414 g/mol. The van der Waals surface area contributed by atoms with E-state index in [1.54, 1.807) is 18.2 Å². The Bertz CT molecular complexity index is 1030. The average Bonchev–Trinajstić information content (AvgIpc) is 3.05. The van der Waals surface area contributed by atoms with Gasteiger partial charge >= 0.3 is 6.18 Å². The molecule has 2 aromatic rings. The van der Waals surface area contributed by atoms with E-state index in [0.29, 0.717) is 28.9 Å². The first-order valence-electron chi connectivity index (χ1n) is 9.95. The zero-order valence-electron chi connectivity index (χ0n) is 16.7. The third-order valence-electron chi connectivity index (χ3n) is 5.92. The lowest BCUT2D eigenvalue weighted by Crippen LogP contribution is -2.36. The molecule has 2 N–H and O–H groups in total. The molecular formula is C22H21F4N3O2.